The van der Waals surface area contributed by atoms with Crippen LogP contribution >= 0.6 is 0 Å². The molecule has 4 heteroatoms. The molecule has 0 aromatic heterocycles. The van der Waals surface area contributed by atoms with E-state index in [1.165, 1.54) is 12.1 Å². The van der Waals surface area contributed by atoms with Crippen molar-refractivity contribution in [3.8, 4) is 0 Å². The van der Waals surface area contributed by atoms with Crippen LogP contribution in [0.5, 0.6) is 0 Å². The number of halogens is 2. The molecule has 1 aromatic rings. The van der Waals surface area contributed by atoms with Crippen molar-refractivity contribution >= 4 is 0 Å². The molecule has 0 saturated carbocycles. The van der Waals surface area contributed by atoms with E-state index in [0.717, 1.165) is 31.6 Å². The van der Waals surface area contributed by atoms with Crippen molar-refractivity contribution < 1.29 is 13.5 Å². The first-order chi connectivity index (χ1) is 9.11. The zero-order valence-corrected chi connectivity index (χ0v) is 11.5. The van der Waals surface area contributed by atoms with Gasteiger partial charge in [-0.1, -0.05) is 13.0 Å². The topological polar surface area (TPSA) is 21.3 Å². The van der Waals surface area contributed by atoms with Crippen molar-refractivity contribution in [2.24, 2.45) is 5.92 Å². The number of benzene rings is 1. The molecule has 0 amide bonds. The zero-order chi connectivity index (χ0) is 13.8. The summed E-state index contributed by atoms with van der Waals surface area (Å²) in [4.78, 5) is 0. The molecule has 3 unspecified atom stereocenters. The second-order valence-electron chi connectivity index (χ2n) is 5.17. The Hall–Kier alpha value is -1.00. The number of rotatable bonds is 5. The van der Waals surface area contributed by atoms with Crippen LogP contribution in [0.1, 0.15) is 38.3 Å². The third-order valence-electron chi connectivity index (χ3n) is 3.88. The molecule has 3 atom stereocenters. The highest BCUT2D eigenvalue weighted by Crippen LogP contribution is 2.24. The number of ether oxygens (including phenoxy) is 1. The number of nitrogens with one attached hydrogen (secondary N) is 1. The molecule has 0 bridgehead atoms. The van der Waals surface area contributed by atoms with Crippen LogP contribution in [-0.2, 0) is 4.74 Å². The first-order valence-electron chi connectivity index (χ1n) is 6.91. The Morgan fingerprint density at radius 3 is 2.84 bits per heavy atom. The first kappa shape index (κ1) is 14.4. The van der Waals surface area contributed by atoms with Crippen LogP contribution < -0.4 is 5.32 Å². The largest absolute Gasteiger partial charge is 0.378 e. The summed E-state index contributed by atoms with van der Waals surface area (Å²) in [6.45, 7) is 5.76. The molecule has 0 radical (unpaired) electrons. The summed E-state index contributed by atoms with van der Waals surface area (Å²) < 4.78 is 31.7. The zero-order valence-electron chi connectivity index (χ0n) is 11.5. The van der Waals surface area contributed by atoms with E-state index in [9.17, 15) is 8.78 Å². The summed E-state index contributed by atoms with van der Waals surface area (Å²) in [6.07, 6.45) is 2.41. The summed E-state index contributed by atoms with van der Waals surface area (Å²) >= 11 is 0. The van der Waals surface area contributed by atoms with E-state index >= 15 is 0 Å². The van der Waals surface area contributed by atoms with Gasteiger partial charge in [0.1, 0.15) is 0 Å². The molecule has 19 heavy (non-hydrogen) atoms. The quantitative estimate of drug-likeness (QED) is 0.884. The Morgan fingerprint density at radius 2 is 2.16 bits per heavy atom. The van der Waals surface area contributed by atoms with Gasteiger partial charge in [-0.3, -0.25) is 0 Å². The Bertz CT molecular complexity index is 425. The fourth-order valence-corrected chi connectivity index (χ4v) is 2.61. The fourth-order valence-electron chi connectivity index (χ4n) is 2.61. The molecule has 1 heterocycles. The van der Waals surface area contributed by atoms with Gasteiger partial charge >= 0.3 is 0 Å². The standard InChI is InChI=1S/C15H21F2NO/c1-3-15-12(6-7-19-15)9-18-10(2)11-4-5-13(16)14(17)8-11/h4-5,8,10,12,15,18H,3,6-7,9H2,1-2H3. The van der Waals surface area contributed by atoms with Crippen LogP contribution in [0.15, 0.2) is 18.2 Å². The summed E-state index contributed by atoms with van der Waals surface area (Å²) in [6, 6.07) is 4.07. The highest BCUT2D eigenvalue weighted by atomic mass is 19.2. The van der Waals surface area contributed by atoms with E-state index in [1.807, 2.05) is 6.92 Å². The Morgan fingerprint density at radius 1 is 1.37 bits per heavy atom. The van der Waals surface area contributed by atoms with Gasteiger partial charge in [0.2, 0.25) is 0 Å². The van der Waals surface area contributed by atoms with Gasteiger partial charge in [0.25, 0.3) is 0 Å². The molecule has 1 fully saturated rings. The number of hydrogen-bond donors (Lipinski definition) is 1. The average Bonchev–Trinajstić information content (AvgIpc) is 2.86. The minimum atomic E-state index is -0.800. The minimum Gasteiger partial charge on any atom is -0.378 e. The second kappa shape index (κ2) is 6.44. The predicted molar refractivity (Wildman–Crippen MR) is 70.9 cm³/mol. The Labute approximate surface area is 113 Å². The lowest BCUT2D eigenvalue weighted by atomic mass is 9.98. The van der Waals surface area contributed by atoms with Gasteiger partial charge in [-0.25, -0.2) is 8.78 Å². The van der Waals surface area contributed by atoms with E-state index in [4.69, 9.17) is 4.74 Å². The van der Waals surface area contributed by atoms with Crippen molar-refractivity contribution in [2.75, 3.05) is 13.2 Å². The summed E-state index contributed by atoms with van der Waals surface area (Å²) in [5.41, 5.74) is 0.769. The van der Waals surface area contributed by atoms with Gasteiger partial charge in [-0.05, 0) is 43.4 Å². The van der Waals surface area contributed by atoms with E-state index < -0.39 is 11.6 Å². The van der Waals surface area contributed by atoms with Crippen LogP contribution in [0.2, 0.25) is 0 Å². The van der Waals surface area contributed by atoms with Crippen molar-refractivity contribution in [3.05, 3.63) is 35.4 Å². The highest BCUT2D eigenvalue weighted by molar-refractivity contribution is 5.20. The molecule has 1 N–H and O–H groups in total. The summed E-state index contributed by atoms with van der Waals surface area (Å²) in [5.74, 6) is -1.08. The SMILES string of the molecule is CCC1OCCC1CNC(C)c1ccc(F)c(F)c1. The van der Waals surface area contributed by atoms with Crippen molar-refractivity contribution in [1.29, 1.82) is 0 Å². The molecule has 0 spiro atoms. The van der Waals surface area contributed by atoms with Gasteiger partial charge < -0.3 is 10.1 Å². The predicted octanol–water partition coefficient (Wildman–Crippen LogP) is 3.43. The van der Waals surface area contributed by atoms with Crippen LogP contribution in [-0.4, -0.2) is 19.3 Å². The van der Waals surface area contributed by atoms with Gasteiger partial charge in [0, 0.05) is 19.2 Å². The lowest BCUT2D eigenvalue weighted by molar-refractivity contribution is 0.0867. The first-order valence-corrected chi connectivity index (χ1v) is 6.91. The van der Waals surface area contributed by atoms with E-state index in [-0.39, 0.29) is 6.04 Å². The maximum atomic E-state index is 13.2. The maximum Gasteiger partial charge on any atom is 0.159 e. The minimum absolute atomic E-state index is 0.00760. The van der Waals surface area contributed by atoms with Crippen molar-refractivity contribution in [3.63, 3.8) is 0 Å². The third kappa shape index (κ3) is 3.51. The highest BCUT2D eigenvalue weighted by Gasteiger charge is 2.26. The lowest BCUT2D eigenvalue weighted by Crippen LogP contribution is -2.30. The molecule has 1 aromatic carbocycles. The average molecular weight is 269 g/mol. The van der Waals surface area contributed by atoms with Crippen LogP contribution in [0.25, 0.3) is 0 Å². The van der Waals surface area contributed by atoms with Crippen molar-refractivity contribution in [2.45, 2.75) is 38.8 Å². The Kier molecular flexibility index (Phi) is 4.88. The van der Waals surface area contributed by atoms with Crippen LogP contribution in [0.4, 0.5) is 8.78 Å². The fraction of sp³-hybridized carbons (Fsp3) is 0.600. The van der Waals surface area contributed by atoms with Gasteiger partial charge in [0.05, 0.1) is 6.10 Å². The normalized spacial score (nSPS) is 24.6. The lowest BCUT2D eigenvalue weighted by Gasteiger charge is -2.21. The molecule has 1 aliphatic rings. The second-order valence-corrected chi connectivity index (χ2v) is 5.17. The van der Waals surface area contributed by atoms with Crippen LogP contribution in [0, 0.1) is 17.6 Å². The third-order valence-corrected chi connectivity index (χ3v) is 3.88. The van der Waals surface area contributed by atoms with Gasteiger partial charge in [0.15, 0.2) is 11.6 Å². The molecule has 106 valence electrons. The van der Waals surface area contributed by atoms with E-state index in [1.54, 1.807) is 6.07 Å². The van der Waals surface area contributed by atoms with E-state index in [2.05, 4.69) is 12.2 Å². The molecule has 2 nitrogen and oxygen atoms in total. The maximum absolute atomic E-state index is 13.2. The van der Waals surface area contributed by atoms with Gasteiger partial charge in [-0.2, -0.15) is 0 Å². The van der Waals surface area contributed by atoms with Gasteiger partial charge in [-0.15, -0.1) is 0 Å². The van der Waals surface area contributed by atoms with Crippen LogP contribution in [0.3, 0.4) is 0 Å². The molecule has 1 aliphatic heterocycles. The molecular formula is C15H21F2NO. The molecule has 1 saturated heterocycles. The monoisotopic (exact) mass is 269 g/mol. The number of hydrogen-bond acceptors (Lipinski definition) is 2. The smallest absolute Gasteiger partial charge is 0.159 e. The molecule has 0 aliphatic carbocycles. The summed E-state index contributed by atoms with van der Waals surface area (Å²) in [7, 11) is 0. The molecule has 2 rings (SSSR count). The van der Waals surface area contributed by atoms with E-state index in [0.29, 0.717) is 12.0 Å². The summed E-state index contributed by atoms with van der Waals surface area (Å²) in [5, 5.41) is 3.38. The van der Waals surface area contributed by atoms with Crippen molar-refractivity contribution in [1.82, 2.24) is 5.32 Å². The Balaban J connectivity index is 1.90. The molecular weight excluding hydrogens is 248 g/mol.